The van der Waals surface area contributed by atoms with Crippen molar-refractivity contribution >= 4 is 56.0 Å². The number of morpholine rings is 1. The first-order valence-corrected chi connectivity index (χ1v) is 11.6. The Kier molecular flexibility index (Phi) is 6.86. The van der Waals surface area contributed by atoms with Crippen LogP contribution in [0.25, 0.3) is 10.2 Å². The number of hydrogen-bond acceptors (Lipinski definition) is 7. The quantitative estimate of drug-likeness (QED) is 0.585. The molecule has 2 aliphatic rings. The van der Waals surface area contributed by atoms with Crippen molar-refractivity contribution in [3.63, 3.8) is 0 Å². The molecule has 2 fully saturated rings. The fourth-order valence-corrected chi connectivity index (χ4v) is 5.35. The molecule has 0 unspecified atom stereocenters. The Balaban J connectivity index is 1.54. The van der Waals surface area contributed by atoms with E-state index in [4.69, 9.17) is 21.3 Å². The standard InChI is InChI=1S/C21H25ClN4O4S/c1-14-11-15(22)12-16-20(14)23-21(31-16)25(6-2-5-24-7-9-30-10-8-24)19(29)13-26-17(27)3-4-18(26)28/h11-12H,2-10,13H2,1H3. The van der Waals surface area contributed by atoms with Crippen molar-refractivity contribution in [1.82, 2.24) is 14.8 Å². The molecule has 2 aromatic rings. The van der Waals surface area contributed by atoms with Crippen LogP contribution in [-0.2, 0) is 19.1 Å². The van der Waals surface area contributed by atoms with E-state index in [1.54, 1.807) is 4.90 Å². The Bertz CT molecular complexity index is 989. The van der Waals surface area contributed by atoms with E-state index in [-0.39, 0.29) is 37.1 Å². The number of halogens is 1. The number of fused-ring (bicyclic) bond motifs is 1. The summed E-state index contributed by atoms with van der Waals surface area (Å²) >= 11 is 7.59. The Morgan fingerprint density at radius 1 is 1.23 bits per heavy atom. The molecule has 1 aromatic heterocycles. The second-order valence-corrected chi connectivity index (χ2v) is 9.24. The Morgan fingerprint density at radius 3 is 2.65 bits per heavy atom. The van der Waals surface area contributed by atoms with Gasteiger partial charge in [0.1, 0.15) is 6.54 Å². The van der Waals surface area contributed by atoms with Crippen LogP contribution in [0.4, 0.5) is 5.13 Å². The van der Waals surface area contributed by atoms with Gasteiger partial charge in [0.2, 0.25) is 17.7 Å². The zero-order valence-corrected chi connectivity index (χ0v) is 19.0. The second kappa shape index (κ2) is 9.60. The van der Waals surface area contributed by atoms with E-state index in [9.17, 15) is 14.4 Å². The summed E-state index contributed by atoms with van der Waals surface area (Å²) in [6.07, 6.45) is 1.09. The van der Waals surface area contributed by atoms with Gasteiger partial charge in [-0.2, -0.15) is 0 Å². The summed E-state index contributed by atoms with van der Waals surface area (Å²) in [7, 11) is 0. The summed E-state index contributed by atoms with van der Waals surface area (Å²) in [5.74, 6) is -0.884. The van der Waals surface area contributed by atoms with E-state index >= 15 is 0 Å². The number of carbonyl (C=O) groups excluding carboxylic acids is 3. The molecule has 2 aliphatic heterocycles. The molecule has 1 aromatic carbocycles. The lowest BCUT2D eigenvalue weighted by Gasteiger charge is -2.28. The predicted octanol–water partition coefficient (Wildman–Crippen LogP) is 2.46. The van der Waals surface area contributed by atoms with Gasteiger partial charge in [-0.1, -0.05) is 22.9 Å². The van der Waals surface area contributed by atoms with Crippen LogP contribution in [0.5, 0.6) is 0 Å². The number of benzene rings is 1. The summed E-state index contributed by atoms with van der Waals surface area (Å²) in [6, 6.07) is 3.69. The lowest BCUT2D eigenvalue weighted by Crippen LogP contribution is -2.44. The number of thiazole rings is 1. The predicted molar refractivity (Wildman–Crippen MR) is 120 cm³/mol. The number of imide groups is 1. The van der Waals surface area contributed by atoms with Gasteiger partial charge in [0.05, 0.1) is 23.4 Å². The van der Waals surface area contributed by atoms with Crippen LogP contribution >= 0.6 is 22.9 Å². The van der Waals surface area contributed by atoms with Crippen LogP contribution in [0.2, 0.25) is 5.02 Å². The number of anilines is 1. The number of rotatable bonds is 7. The highest BCUT2D eigenvalue weighted by Crippen LogP contribution is 2.33. The van der Waals surface area contributed by atoms with Gasteiger partial charge in [0.15, 0.2) is 5.13 Å². The molecule has 10 heteroatoms. The fourth-order valence-electron chi connectivity index (χ4n) is 3.88. The van der Waals surface area contributed by atoms with Gasteiger partial charge in [-0.05, 0) is 31.0 Å². The summed E-state index contributed by atoms with van der Waals surface area (Å²) in [5, 5.41) is 1.19. The molecule has 3 amide bonds. The van der Waals surface area contributed by atoms with Crippen LogP contribution in [0.3, 0.4) is 0 Å². The first kappa shape index (κ1) is 22.1. The van der Waals surface area contributed by atoms with Crippen LogP contribution in [-0.4, -0.2) is 78.4 Å². The molecule has 0 spiro atoms. The van der Waals surface area contributed by atoms with Gasteiger partial charge in [-0.15, -0.1) is 0 Å². The number of carbonyl (C=O) groups is 3. The topological polar surface area (TPSA) is 83.0 Å². The number of likely N-dealkylation sites (tertiary alicyclic amines) is 1. The summed E-state index contributed by atoms with van der Waals surface area (Å²) in [6.45, 7) is 6.19. The second-order valence-electron chi connectivity index (χ2n) is 7.79. The Morgan fingerprint density at radius 2 is 1.94 bits per heavy atom. The number of nitrogens with zero attached hydrogens (tertiary/aromatic N) is 4. The largest absolute Gasteiger partial charge is 0.379 e. The minimum Gasteiger partial charge on any atom is -0.379 e. The van der Waals surface area contributed by atoms with Crippen LogP contribution in [0.1, 0.15) is 24.8 Å². The highest BCUT2D eigenvalue weighted by atomic mass is 35.5. The smallest absolute Gasteiger partial charge is 0.248 e. The number of aryl methyl sites for hydroxylation is 1. The Hall–Kier alpha value is -2.07. The molecule has 8 nitrogen and oxygen atoms in total. The molecule has 0 saturated carbocycles. The summed E-state index contributed by atoms with van der Waals surface area (Å²) in [5.41, 5.74) is 1.75. The van der Waals surface area contributed by atoms with Gasteiger partial charge in [0, 0.05) is 44.0 Å². The van der Waals surface area contributed by atoms with Crippen molar-refractivity contribution in [1.29, 1.82) is 0 Å². The third-order valence-electron chi connectivity index (χ3n) is 5.58. The number of aromatic nitrogens is 1. The summed E-state index contributed by atoms with van der Waals surface area (Å²) in [4.78, 5) is 46.9. The van der Waals surface area contributed by atoms with E-state index in [2.05, 4.69) is 4.90 Å². The number of ether oxygens (including phenoxy) is 1. The van der Waals surface area contributed by atoms with E-state index in [0.717, 1.165) is 59.9 Å². The van der Waals surface area contributed by atoms with Gasteiger partial charge < -0.3 is 4.74 Å². The minimum atomic E-state index is -0.298. The van der Waals surface area contributed by atoms with E-state index in [0.29, 0.717) is 16.7 Å². The van der Waals surface area contributed by atoms with Gasteiger partial charge in [-0.25, -0.2) is 4.98 Å². The van der Waals surface area contributed by atoms with Crippen molar-refractivity contribution in [2.45, 2.75) is 26.2 Å². The summed E-state index contributed by atoms with van der Waals surface area (Å²) < 4.78 is 6.29. The lowest BCUT2D eigenvalue weighted by atomic mass is 10.2. The van der Waals surface area contributed by atoms with Crippen molar-refractivity contribution in [3.05, 3.63) is 22.7 Å². The van der Waals surface area contributed by atoms with Gasteiger partial charge in [-0.3, -0.25) is 29.1 Å². The maximum absolute atomic E-state index is 13.2. The molecular weight excluding hydrogens is 440 g/mol. The number of amides is 3. The van der Waals surface area contributed by atoms with E-state index in [1.807, 2.05) is 19.1 Å². The van der Waals surface area contributed by atoms with E-state index in [1.165, 1.54) is 11.3 Å². The van der Waals surface area contributed by atoms with Crippen LogP contribution < -0.4 is 4.90 Å². The third-order valence-corrected chi connectivity index (χ3v) is 6.82. The average molecular weight is 465 g/mol. The zero-order valence-electron chi connectivity index (χ0n) is 17.4. The van der Waals surface area contributed by atoms with Crippen molar-refractivity contribution < 1.29 is 19.1 Å². The monoisotopic (exact) mass is 464 g/mol. The van der Waals surface area contributed by atoms with E-state index < -0.39 is 0 Å². The molecule has 3 heterocycles. The number of hydrogen-bond donors (Lipinski definition) is 0. The maximum atomic E-state index is 13.2. The molecule has 0 aliphatic carbocycles. The minimum absolute atomic E-state index is 0.169. The highest BCUT2D eigenvalue weighted by Gasteiger charge is 2.32. The fraction of sp³-hybridized carbons (Fsp3) is 0.524. The van der Waals surface area contributed by atoms with Crippen molar-refractivity contribution in [2.75, 3.05) is 50.8 Å². The maximum Gasteiger partial charge on any atom is 0.248 e. The Labute approximate surface area is 189 Å². The zero-order chi connectivity index (χ0) is 22.0. The lowest BCUT2D eigenvalue weighted by molar-refractivity contribution is -0.141. The molecule has 0 bridgehead atoms. The average Bonchev–Trinajstić information content (AvgIpc) is 3.30. The van der Waals surface area contributed by atoms with Crippen LogP contribution in [0.15, 0.2) is 12.1 Å². The van der Waals surface area contributed by atoms with Gasteiger partial charge >= 0.3 is 0 Å². The molecule has 2 saturated heterocycles. The molecular formula is C21H25ClN4O4S. The highest BCUT2D eigenvalue weighted by molar-refractivity contribution is 7.22. The molecule has 166 valence electrons. The van der Waals surface area contributed by atoms with Crippen LogP contribution in [0, 0.1) is 6.92 Å². The molecule has 31 heavy (non-hydrogen) atoms. The van der Waals surface area contributed by atoms with Crippen molar-refractivity contribution in [2.24, 2.45) is 0 Å². The normalized spacial score (nSPS) is 17.7. The molecule has 0 radical (unpaired) electrons. The first-order chi connectivity index (χ1) is 14.9. The first-order valence-electron chi connectivity index (χ1n) is 10.4. The molecule has 4 rings (SSSR count). The molecule has 0 atom stereocenters. The SMILES string of the molecule is Cc1cc(Cl)cc2sc(N(CCCN3CCOCC3)C(=O)CN3C(=O)CCC3=O)nc12. The van der Waals surface area contributed by atoms with Gasteiger partial charge in [0.25, 0.3) is 0 Å². The van der Waals surface area contributed by atoms with Crippen molar-refractivity contribution in [3.8, 4) is 0 Å². The molecule has 0 N–H and O–H groups in total. The third kappa shape index (κ3) is 5.06.